The standard InChI is InChI=1S/C30H37NO4/c1-18(32)30(35-19(2)33)15-14-27-25-12-8-21-16-23(34)11-13-24(21)28(25)26(17-29(27,30)3)20-6-9-22(10-7-20)31(4)5/h6-7,9-10,16,25-27H,8,11-15,17H2,1-5H3/t25-,26+,27-,29?,30-/m0/s1. The molecule has 0 spiro atoms. The number of esters is 1. The molecule has 2 saturated carbocycles. The molecule has 4 aliphatic rings. The maximum atomic E-state index is 13.2. The molecule has 186 valence electrons. The molecule has 0 saturated heterocycles. The molecular formula is C30H37NO4. The zero-order valence-electron chi connectivity index (χ0n) is 21.6. The molecule has 0 aliphatic heterocycles. The van der Waals surface area contributed by atoms with E-state index in [1.54, 1.807) is 6.92 Å². The van der Waals surface area contributed by atoms with Crippen molar-refractivity contribution in [3.8, 4) is 0 Å². The fraction of sp³-hybridized carbons (Fsp3) is 0.567. The summed E-state index contributed by atoms with van der Waals surface area (Å²) in [6, 6.07) is 8.76. The maximum absolute atomic E-state index is 13.2. The number of rotatable bonds is 4. The molecule has 0 aromatic heterocycles. The number of hydrogen-bond acceptors (Lipinski definition) is 5. The highest BCUT2D eigenvalue weighted by Crippen LogP contribution is 2.67. The second-order valence-electron chi connectivity index (χ2n) is 11.5. The lowest BCUT2D eigenvalue weighted by Crippen LogP contribution is -2.57. The number of ketones is 2. The zero-order valence-corrected chi connectivity index (χ0v) is 21.6. The first-order valence-corrected chi connectivity index (χ1v) is 13.0. The second-order valence-corrected chi connectivity index (χ2v) is 11.5. The third kappa shape index (κ3) is 3.61. The van der Waals surface area contributed by atoms with Crippen LogP contribution in [0.4, 0.5) is 5.69 Å². The molecular weight excluding hydrogens is 438 g/mol. The first-order chi connectivity index (χ1) is 16.6. The van der Waals surface area contributed by atoms with Crippen LogP contribution in [0.1, 0.15) is 77.2 Å². The van der Waals surface area contributed by atoms with Crippen LogP contribution < -0.4 is 4.90 Å². The van der Waals surface area contributed by atoms with E-state index in [9.17, 15) is 14.4 Å². The Balaban J connectivity index is 1.68. The summed E-state index contributed by atoms with van der Waals surface area (Å²) in [5, 5.41) is 0. The molecule has 5 atom stereocenters. The Kier molecular flexibility index (Phi) is 5.81. The first-order valence-electron chi connectivity index (χ1n) is 13.0. The predicted octanol–water partition coefficient (Wildman–Crippen LogP) is 5.54. The molecule has 0 heterocycles. The van der Waals surface area contributed by atoms with Crippen molar-refractivity contribution >= 4 is 23.2 Å². The van der Waals surface area contributed by atoms with Gasteiger partial charge >= 0.3 is 5.97 Å². The molecule has 2 fully saturated rings. The van der Waals surface area contributed by atoms with Crippen molar-refractivity contribution in [2.24, 2.45) is 17.3 Å². The number of hydrogen-bond donors (Lipinski definition) is 0. The average Bonchev–Trinajstić information content (AvgIpc) is 3.10. The van der Waals surface area contributed by atoms with E-state index in [2.05, 4.69) is 36.1 Å². The molecule has 0 radical (unpaired) electrons. The van der Waals surface area contributed by atoms with Crippen molar-refractivity contribution in [1.29, 1.82) is 0 Å². The van der Waals surface area contributed by atoms with Crippen molar-refractivity contribution in [1.82, 2.24) is 0 Å². The van der Waals surface area contributed by atoms with Gasteiger partial charge in [-0.3, -0.25) is 14.4 Å². The molecule has 1 aromatic carbocycles. The molecule has 0 N–H and O–H groups in total. The van der Waals surface area contributed by atoms with Crippen LogP contribution in [-0.4, -0.2) is 37.2 Å². The largest absolute Gasteiger partial charge is 0.451 e. The highest BCUT2D eigenvalue weighted by atomic mass is 16.6. The van der Waals surface area contributed by atoms with Crippen molar-refractivity contribution in [2.45, 2.75) is 77.2 Å². The Bertz CT molecular complexity index is 1140. The highest BCUT2D eigenvalue weighted by molar-refractivity contribution is 5.93. The van der Waals surface area contributed by atoms with E-state index in [0.717, 1.165) is 37.8 Å². The van der Waals surface area contributed by atoms with E-state index in [-0.39, 0.29) is 29.4 Å². The minimum Gasteiger partial charge on any atom is -0.451 e. The maximum Gasteiger partial charge on any atom is 0.303 e. The van der Waals surface area contributed by atoms with Gasteiger partial charge in [-0.1, -0.05) is 24.6 Å². The van der Waals surface area contributed by atoms with Gasteiger partial charge in [-0.2, -0.15) is 0 Å². The van der Waals surface area contributed by atoms with E-state index in [1.807, 2.05) is 20.2 Å². The molecule has 0 amide bonds. The fourth-order valence-corrected chi connectivity index (χ4v) is 8.02. The highest BCUT2D eigenvalue weighted by Gasteiger charge is 2.67. The van der Waals surface area contributed by atoms with Gasteiger partial charge in [0.05, 0.1) is 0 Å². The van der Waals surface area contributed by atoms with Crippen molar-refractivity contribution in [3.05, 3.63) is 52.6 Å². The van der Waals surface area contributed by atoms with Gasteiger partial charge in [-0.05, 0) is 92.2 Å². The van der Waals surface area contributed by atoms with Crippen LogP contribution in [0.2, 0.25) is 0 Å². The Morgan fingerprint density at radius 1 is 1.03 bits per heavy atom. The third-order valence-corrected chi connectivity index (χ3v) is 9.55. The first kappa shape index (κ1) is 24.0. The van der Waals surface area contributed by atoms with E-state index < -0.39 is 11.0 Å². The summed E-state index contributed by atoms with van der Waals surface area (Å²) in [6.45, 7) is 5.22. The number of anilines is 1. The van der Waals surface area contributed by atoms with Gasteiger partial charge in [-0.15, -0.1) is 0 Å². The Labute approximate surface area is 208 Å². The summed E-state index contributed by atoms with van der Waals surface area (Å²) in [7, 11) is 4.08. The summed E-state index contributed by atoms with van der Waals surface area (Å²) in [6.07, 6.45) is 7.41. The Morgan fingerprint density at radius 3 is 2.37 bits per heavy atom. The quantitative estimate of drug-likeness (QED) is 0.535. The van der Waals surface area contributed by atoms with Crippen LogP contribution in [-0.2, 0) is 19.1 Å². The van der Waals surface area contributed by atoms with E-state index in [4.69, 9.17) is 4.74 Å². The number of allylic oxidation sites excluding steroid dienone is 4. The van der Waals surface area contributed by atoms with Gasteiger partial charge in [-0.25, -0.2) is 0 Å². The molecule has 5 rings (SSSR count). The summed E-state index contributed by atoms with van der Waals surface area (Å²) in [5.41, 5.74) is 4.98. The lowest BCUT2D eigenvalue weighted by molar-refractivity contribution is -0.182. The molecule has 1 unspecified atom stereocenters. The van der Waals surface area contributed by atoms with E-state index in [0.29, 0.717) is 18.8 Å². The SMILES string of the molecule is CC(=O)O[C@]1(C(C)=O)CC[C@H]2[C@@H]3CCC4=CC(=O)CCC4=C3[C@@H](c3ccc(N(C)C)cc3)CC21C. The minimum atomic E-state index is -1.07. The number of Topliss-reactive ketones (excluding diaryl/α,β-unsaturated/α-hetero) is 1. The zero-order chi connectivity index (χ0) is 25.1. The van der Waals surface area contributed by atoms with Crippen molar-refractivity contribution < 1.29 is 19.1 Å². The monoisotopic (exact) mass is 475 g/mol. The number of nitrogens with zero attached hydrogens (tertiary/aromatic N) is 1. The van der Waals surface area contributed by atoms with Gasteiger partial charge in [0.15, 0.2) is 17.2 Å². The Morgan fingerprint density at radius 2 is 1.74 bits per heavy atom. The van der Waals surface area contributed by atoms with E-state index >= 15 is 0 Å². The smallest absolute Gasteiger partial charge is 0.303 e. The van der Waals surface area contributed by atoms with Crippen molar-refractivity contribution in [3.63, 3.8) is 0 Å². The molecule has 1 aromatic rings. The van der Waals surface area contributed by atoms with Gasteiger partial charge in [0.1, 0.15) is 0 Å². The van der Waals surface area contributed by atoms with Crippen LogP contribution >= 0.6 is 0 Å². The second kappa shape index (κ2) is 8.46. The molecule has 0 bridgehead atoms. The number of carbonyl (C=O) groups excluding carboxylic acids is 3. The summed E-state index contributed by atoms with van der Waals surface area (Å²) in [5.74, 6) is 0.584. The summed E-state index contributed by atoms with van der Waals surface area (Å²) < 4.78 is 6.00. The lowest BCUT2D eigenvalue weighted by Gasteiger charge is -2.55. The molecule has 5 nitrogen and oxygen atoms in total. The number of fused-ring (bicyclic) bond motifs is 4. The molecule has 35 heavy (non-hydrogen) atoms. The van der Waals surface area contributed by atoms with Crippen LogP contribution in [0.25, 0.3) is 0 Å². The number of ether oxygens (including phenoxy) is 1. The lowest BCUT2D eigenvalue weighted by atomic mass is 9.50. The molecule has 5 heteroatoms. The normalized spacial score (nSPS) is 33.9. The van der Waals surface area contributed by atoms with Gasteiger partial charge in [0.25, 0.3) is 0 Å². The average molecular weight is 476 g/mol. The molecule has 4 aliphatic carbocycles. The van der Waals surface area contributed by atoms with Crippen molar-refractivity contribution in [2.75, 3.05) is 19.0 Å². The topological polar surface area (TPSA) is 63.7 Å². The fourth-order valence-electron chi connectivity index (χ4n) is 8.02. The van der Waals surface area contributed by atoms with Crippen LogP contribution in [0.15, 0.2) is 47.1 Å². The van der Waals surface area contributed by atoms with Gasteiger partial charge in [0, 0.05) is 44.5 Å². The third-order valence-electron chi connectivity index (χ3n) is 9.55. The summed E-state index contributed by atoms with van der Waals surface area (Å²) >= 11 is 0. The predicted molar refractivity (Wildman–Crippen MR) is 136 cm³/mol. The Hall–Kier alpha value is -2.69. The van der Waals surface area contributed by atoms with Crippen LogP contribution in [0, 0.1) is 17.3 Å². The van der Waals surface area contributed by atoms with Crippen LogP contribution in [0.5, 0.6) is 0 Å². The minimum absolute atomic E-state index is 0.0323. The number of benzene rings is 1. The van der Waals surface area contributed by atoms with Crippen LogP contribution in [0.3, 0.4) is 0 Å². The summed E-state index contributed by atoms with van der Waals surface area (Å²) in [4.78, 5) is 39.8. The van der Waals surface area contributed by atoms with Gasteiger partial charge < -0.3 is 9.64 Å². The van der Waals surface area contributed by atoms with Gasteiger partial charge in [0.2, 0.25) is 0 Å². The van der Waals surface area contributed by atoms with E-state index in [1.165, 1.54) is 29.2 Å². The number of carbonyl (C=O) groups is 3.